The summed E-state index contributed by atoms with van der Waals surface area (Å²) in [6.07, 6.45) is 8.73. The summed E-state index contributed by atoms with van der Waals surface area (Å²) in [4.78, 5) is 28.8. The van der Waals surface area contributed by atoms with Gasteiger partial charge in [0, 0.05) is 50.7 Å². The third kappa shape index (κ3) is 3.85. The van der Waals surface area contributed by atoms with E-state index in [1.165, 1.54) is 12.8 Å². The van der Waals surface area contributed by atoms with Gasteiger partial charge in [0.05, 0.1) is 5.92 Å². The van der Waals surface area contributed by atoms with E-state index in [4.69, 9.17) is 0 Å². The van der Waals surface area contributed by atoms with Crippen LogP contribution in [0.2, 0.25) is 0 Å². The number of likely N-dealkylation sites (tertiary alicyclic amines) is 2. The van der Waals surface area contributed by atoms with Crippen LogP contribution >= 0.6 is 0 Å². The van der Waals surface area contributed by atoms with E-state index in [0.29, 0.717) is 11.9 Å². The fraction of sp³-hybridized carbons (Fsp3) is 0.750. The zero-order valence-electron chi connectivity index (χ0n) is 15.9. The Morgan fingerprint density at radius 3 is 2.54 bits per heavy atom. The lowest BCUT2D eigenvalue weighted by atomic mass is 9.93. The van der Waals surface area contributed by atoms with Crippen molar-refractivity contribution < 1.29 is 4.79 Å². The van der Waals surface area contributed by atoms with Gasteiger partial charge in [0.25, 0.3) is 0 Å². The Bertz CT molecular complexity index is 622. The fourth-order valence-corrected chi connectivity index (χ4v) is 4.75. The standard InChI is InChI=1S/C20H31N5O/c1-16-6-9-21-20(22-16)24-13-7-18(8-14-24)25-12-4-5-17(15-25)19(26)23-10-2-3-11-23/h6,9,17-18H,2-5,7-8,10-15H2,1H3/t17-/m0/s1. The molecule has 3 aliphatic rings. The molecule has 3 saturated heterocycles. The van der Waals surface area contributed by atoms with Gasteiger partial charge in [0.15, 0.2) is 0 Å². The van der Waals surface area contributed by atoms with Gasteiger partial charge in [-0.25, -0.2) is 9.97 Å². The number of hydrogen-bond donors (Lipinski definition) is 0. The molecule has 3 fully saturated rings. The van der Waals surface area contributed by atoms with Crippen LogP contribution in [-0.2, 0) is 4.79 Å². The van der Waals surface area contributed by atoms with Crippen molar-refractivity contribution in [2.45, 2.75) is 51.5 Å². The SMILES string of the molecule is Cc1ccnc(N2CCC(N3CCC[C@H](C(=O)N4CCCC4)C3)CC2)n1. The molecule has 6 heteroatoms. The summed E-state index contributed by atoms with van der Waals surface area (Å²) in [5.74, 6) is 1.50. The van der Waals surface area contributed by atoms with Gasteiger partial charge in [-0.05, 0) is 58.1 Å². The smallest absolute Gasteiger partial charge is 0.226 e. The summed E-state index contributed by atoms with van der Waals surface area (Å²) in [6, 6.07) is 2.55. The normalized spacial score (nSPS) is 25.7. The Morgan fingerprint density at radius 1 is 1.04 bits per heavy atom. The average Bonchev–Trinajstić information content (AvgIpc) is 3.22. The third-order valence-electron chi connectivity index (χ3n) is 6.27. The minimum Gasteiger partial charge on any atom is -0.342 e. The van der Waals surface area contributed by atoms with Gasteiger partial charge in [0.2, 0.25) is 11.9 Å². The molecule has 4 heterocycles. The lowest BCUT2D eigenvalue weighted by molar-refractivity contribution is -0.136. The number of aromatic nitrogens is 2. The first-order chi connectivity index (χ1) is 12.7. The second-order valence-corrected chi connectivity index (χ2v) is 8.08. The highest BCUT2D eigenvalue weighted by Crippen LogP contribution is 2.27. The summed E-state index contributed by atoms with van der Waals surface area (Å²) >= 11 is 0. The molecule has 0 aliphatic carbocycles. The molecule has 142 valence electrons. The van der Waals surface area contributed by atoms with E-state index in [2.05, 4.69) is 24.7 Å². The molecule has 0 saturated carbocycles. The number of nitrogens with zero attached hydrogens (tertiary/aromatic N) is 5. The second-order valence-electron chi connectivity index (χ2n) is 8.08. The van der Waals surface area contributed by atoms with Crippen molar-refractivity contribution >= 4 is 11.9 Å². The minimum absolute atomic E-state index is 0.222. The van der Waals surface area contributed by atoms with Crippen LogP contribution in [0.4, 0.5) is 5.95 Å². The number of rotatable bonds is 3. The maximum atomic E-state index is 12.8. The van der Waals surface area contributed by atoms with E-state index in [-0.39, 0.29) is 5.92 Å². The highest BCUT2D eigenvalue weighted by atomic mass is 16.2. The number of amides is 1. The Balaban J connectivity index is 1.31. The molecule has 3 aliphatic heterocycles. The lowest BCUT2D eigenvalue weighted by Crippen LogP contribution is -2.51. The number of aryl methyl sites for hydroxylation is 1. The van der Waals surface area contributed by atoms with E-state index in [1.807, 2.05) is 19.2 Å². The maximum absolute atomic E-state index is 12.8. The summed E-state index contributed by atoms with van der Waals surface area (Å²) < 4.78 is 0. The minimum atomic E-state index is 0.222. The Kier molecular flexibility index (Phi) is 5.38. The summed E-state index contributed by atoms with van der Waals surface area (Å²) in [6.45, 7) is 8.10. The Morgan fingerprint density at radius 2 is 1.81 bits per heavy atom. The maximum Gasteiger partial charge on any atom is 0.226 e. The molecule has 26 heavy (non-hydrogen) atoms. The molecule has 4 rings (SSSR count). The molecule has 1 aromatic heterocycles. The average molecular weight is 358 g/mol. The fourth-order valence-electron chi connectivity index (χ4n) is 4.75. The molecular formula is C20H31N5O. The molecule has 0 bridgehead atoms. The molecule has 0 unspecified atom stereocenters. The zero-order valence-corrected chi connectivity index (χ0v) is 15.9. The zero-order chi connectivity index (χ0) is 17.9. The predicted octanol–water partition coefficient (Wildman–Crippen LogP) is 2.09. The molecule has 0 N–H and O–H groups in total. The Hall–Kier alpha value is -1.69. The molecule has 1 aromatic rings. The van der Waals surface area contributed by atoms with E-state index >= 15 is 0 Å². The van der Waals surface area contributed by atoms with Crippen molar-refractivity contribution in [3.8, 4) is 0 Å². The Labute approximate surface area is 156 Å². The number of hydrogen-bond acceptors (Lipinski definition) is 5. The number of piperidine rings is 2. The lowest BCUT2D eigenvalue weighted by Gasteiger charge is -2.42. The first-order valence-corrected chi connectivity index (χ1v) is 10.3. The van der Waals surface area contributed by atoms with Crippen LogP contribution in [0.1, 0.15) is 44.2 Å². The second kappa shape index (κ2) is 7.91. The van der Waals surface area contributed by atoms with Crippen LogP contribution in [0.25, 0.3) is 0 Å². The van der Waals surface area contributed by atoms with Crippen molar-refractivity contribution in [2.24, 2.45) is 5.92 Å². The van der Waals surface area contributed by atoms with Gasteiger partial charge in [-0.2, -0.15) is 0 Å². The summed E-state index contributed by atoms with van der Waals surface area (Å²) in [7, 11) is 0. The van der Waals surface area contributed by atoms with Crippen molar-refractivity contribution in [1.82, 2.24) is 19.8 Å². The molecule has 6 nitrogen and oxygen atoms in total. The number of carbonyl (C=O) groups excluding carboxylic acids is 1. The van der Waals surface area contributed by atoms with Gasteiger partial charge >= 0.3 is 0 Å². The predicted molar refractivity (Wildman–Crippen MR) is 102 cm³/mol. The highest BCUT2D eigenvalue weighted by Gasteiger charge is 2.34. The first-order valence-electron chi connectivity index (χ1n) is 10.3. The van der Waals surface area contributed by atoms with Gasteiger partial charge in [-0.15, -0.1) is 0 Å². The van der Waals surface area contributed by atoms with Gasteiger partial charge in [-0.1, -0.05) is 0 Å². The summed E-state index contributed by atoms with van der Waals surface area (Å²) in [5, 5.41) is 0. The van der Waals surface area contributed by atoms with E-state index < -0.39 is 0 Å². The van der Waals surface area contributed by atoms with Crippen LogP contribution < -0.4 is 4.90 Å². The highest BCUT2D eigenvalue weighted by molar-refractivity contribution is 5.79. The summed E-state index contributed by atoms with van der Waals surface area (Å²) in [5.41, 5.74) is 1.02. The molecule has 0 aromatic carbocycles. The van der Waals surface area contributed by atoms with Crippen molar-refractivity contribution in [3.63, 3.8) is 0 Å². The molecule has 0 spiro atoms. The van der Waals surface area contributed by atoms with Crippen LogP contribution in [0, 0.1) is 12.8 Å². The van der Waals surface area contributed by atoms with E-state index in [9.17, 15) is 4.79 Å². The van der Waals surface area contributed by atoms with Gasteiger partial charge in [-0.3, -0.25) is 9.69 Å². The van der Waals surface area contributed by atoms with Crippen molar-refractivity contribution in [1.29, 1.82) is 0 Å². The van der Waals surface area contributed by atoms with E-state index in [1.54, 1.807) is 0 Å². The largest absolute Gasteiger partial charge is 0.342 e. The van der Waals surface area contributed by atoms with E-state index in [0.717, 1.165) is 76.6 Å². The van der Waals surface area contributed by atoms with Crippen LogP contribution in [0.5, 0.6) is 0 Å². The molecule has 0 radical (unpaired) electrons. The number of anilines is 1. The van der Waals surface area contributed by atoms with Gasteiger partial charge in [0.1, 0.15) is 0 Å². The van der Waals surface area contributed by atoms with Crippen LogP contribution in [-0.4, -0.2) is 71.0 Å². The van der Waals surface area contributed by atoms with Crippen LogP contribution in [0.15, 0.2) is 12.3 Å². The van der Waals surface area contributed by atoms with Crippen molar-refractivity contribution in [3.05, 3.63) is 18.0 Å². The topological polar surface area (TPSA) is 52.6 Å². The quantitative estimate of drug-likeness (QED) is 0.829. The monoisotopic (exact) mass is 357 g/mol. The molecular weight excluding hydrogens is 326 g/mol. The van der Waals surface area contributed by atoms with Crippen LogP contribution in [0.3, 0.4) is 0 Å². The first kappa shape index (κ1) is 17.7. The molecule has 1 atom stereocenters. The van der Waals surface area contributed by atoms with Gasteiger partial charge < -0.3 is 9.80 Å². The third-order valence-corrected chi connectivity index (χ3v) is 6.27. The molecule has 1 amide bonds. The van der Waals surface area contributed by atoms with Crippen molar-refractivity contribution in [2.75, 3.05) is 44.2 Å². The number of carbonyl (C=O) groups is 1.